The summed E-state index contributed by atoms with van der Waals surface area (Å²) in [4.78, 5) is 11.1. The first-order chi connectivity index (χ1) is 20.0. The van der Waals surface area contributed by atoms with Crippen LogP contribution in [0.5, 0.6) is 0 Å². The Kier molecular flexibility index (Phi) is 9.87. The van der Waals surface area contributed by atoms with Crippen molar-refractivity contribution in [3.05, 3.63) is 82.2 Å². The van der Waals surface area contributed by atoms with Crippen molar-refractivity contribution < 1.29 is 36.6 Å². The summed E-state index contributed by atoms with van der Waals surface area (Å²) in [6.07, 6.45) is -0.887. The van der Waals surface area contributed by atoms with Crippen molar-refractivity contribution in [3.63, 3.8) is 0 Å². The standard InChI is InChI=1S/C31H35F3N2O5S2/c1-30(2,17-20-12-21-6-4-5-7-22(21)13-20)35-18-25(37)19-36(3)43(40,41)27-15-23(14-24(16-27)31(32,33)34)28-10-8-26(42-28)9-11-29(38)39/h4-11,14-16,20,25,35,37H,12-13,17-19H2,1-3H3,(H,38,39)/b11-9+/t25-/m1/s1. The van der Waals surface area contributed by atoms with E-state index in [-0.39, 0.29) is 24.2 Å². The smallest absolute Gasteiger partial charge is 0.416 e. The van der Waals surface area contributed by atoms with Gasteiger partial charge < -0.3 is 15.5 Å². The van der Waals surface area contributed by atoms with Gasteiger partial charge in [0.2, 0.25) is 10.0 Å². The van der Waals surface area contributed by atoms with Crippen molar-refractivity contribution >= 4 is 33.4 Å². The van der Waals surface area contributed by atoms with Crippen molar-refractivity contribution in [2.75, 3.05) is 20.1 Å². The fraction of sp³-hybridized carbons (Fsp3) is 0.387. The maximum atomic E-state index is 13.8. The summed E-state index contributed by atoms with van der Waals surface area (Å²) in [5.74, 6) is -0.728. The molecule has 0 amide bonds. The highest BCUT2D eigenvalue weighted by Gasteiger charge is 2.34. The predicted molar refractivity (Wildman–Crippen MR) is 161 cm³/mol. The molecule has 1 aromatic heterocycles. The number of hydrogen-bond acceptors (Lipinski definition) is 6. The minimum Gasteiger partial charge on any atom is -0.478 e. The highest BCUT2D eigenvalue weighted by atomic mass is 32.2. The predicted octanol–water partition coefficient (Wildman–Crippen LogP) is 5.69. The second-order valence-electron chi connectivity index (χ2n) is 11.6. The van der Waals surface area contributed by atoms with Crippen LogP contribution in [0, 0.1) is 5.92 Å². The van der Waals surface area contributed by atoms with Crippen LogP contribution in [0.1, 0.15) is 41.8 Å². The first-order valence-corrected chi connectivity index (χ1v) is 16.0. The number of thiophene rings is 1. The van der Waals surface area contributed by atoms with Crippen molar-refractivity contribution in [1.82, 2.24) is 9.62 Å². The first-order valence-electron chi connectivity index (χ1n) is 13.7. The Morgan fingerprint density at radius 3 is 2.37 bits per heavy atom. The zero-order chi connectivity index (χ0) is 31.6. The van der Waals surface area contributed by atoms with Gasteiger partial charge in [0.05, 0.1) is 16.6 Å². The fourth-order valence-corrected chi connectivity index (χ4v) is 7.60. The summed E-state index contributed by atoms with van der Waals surface area (Å²) < 4.78 is 69.0. The molecule has 3 aromatic rings. The number of halogens is 3. The van der Waals surface area contributed by atoms with E-state index in [0.29, 0.717) is 21.7 Å². The fourth-order valence-electron chi connectivity index (χ4n) is 5.43. The Morgan fingerprint density at radius 1 is 1.12 bits per heavy atom. The van der Waals surface area contributed by atoms with Crippen LogP contribution in [-0.4, -0.2) is 60.7 Å². The van der Waals surface area contributed by atoms with Crippen LogP contribution in [0.15, 0.2) is 65.6 Å². The van der Waals surface area contributed by atoms with Crippen molar-refractivity contribution in [3.8, 4) is 10.4 Å². The quantitative estimate of drug-likeness (QED) is 0.221. The van der Waals surface area contributed by atoms with Crippen molar-refractivity contribution in [1.29, 1.82) is 0 Å². The van der Waals surface area contributed by atoms with Gasteiger partial charge in [0.25, 0.3) is 0 Å². The van der Waals surface area contributed by atoms with Gasteiger partial charge in [-0.25, -0.2) is 13.2 Å². The number of carboxylic acid groups (broad SMARTS) is 1. The van der Waals surface area contributed by atoms with Crippen LogP contribution >= 0.6 is 11.3 Å². The highest BCUT2D eigenvalue weighted by Crippen LogP contribution is 2.37. The maximum absolute atomic E-state index is 13.8. The molecule has 1 heterocycles. The number of carbonyl (C=O) groups is 1. The molecule has 1 aliphatic carbocycles. The van der Waals surface area contributed by atoms with E-state index in [1.165, 1.54) is 36.4 Å². The minimum absolute atomic E-state index is 0.0276. The number of β-amino-alcohol motifs (C(OH)–C–C–N with tert-alkyl or cyclic N) is 1. The van der Waals surface area contributed by atoms with Gasteiger partial charge in [-0.15, -0.1) is 11.3 Å². The first kappa shape index (κ1) is 32.9. The summed E-state index contributed by atoms with van der Waals surface area (Å²) in [5.41, 5.74) is 1.26. The summed E-state index contributed by atoms with van der Waals surface area (Å²) in [6, 6.07) is 14.0. The molecule has 7 nitrogen and oxygen atoms in total. The number of nitrogens with zero attached hydrogens (tertiary/aromatic N) is 1. The average Bonchev–Trinajstić information content (AvgIpc) is 3.56. The number of aliphatic carboxylic acids is 1. The topological polar surface area (TPSA) is 107 Å². The number of carboxylic acids is 1. The van der Waals surface area contributed by atoms with E-state index in [1.54, 1.807) is 0 Å². The molecule has 1 atom stereocenters. The molecule has 0 unspecified atom stereocenters. The van der Waals surface area contributed by atoms with Crippen LogP contribution in [0.2, 0.25) is 0 Å². The Bertz CT molecular complexity index is 1570. The Labute approximate surface area is 253 Å². The molecule has 0 bridgehead atoms. The molecule has 3 N–H and O–H groups in total. The zero-order valence-electron chi connectivity index (χ0n) is 24.1. The highest BCUT2D eigenvalue weighted by molar-refractivity contribution is 7.89. The van der Waals surface area contributed by atoms with Crippen LogP contribution in [0.3, 0.4) is 0 Å². The lowest BCUT2D eigenvalue weighted by atomic mass is 9.88. The van der Waals surface area contributed by atoms with Gasteiger partial charge in [-0.3, -0.25) is 0 Å². The van der Waals surface area contributed by atoms with Gasteiger partial charge in [-0.1, -0.05) is 24.3 Å². The number of fused-ring (bicyclic) bond motifs is 1. The second-order valence-corrected chi connectivity index (χ2v) is 14.7. The average molecular weight is 637 g/mol. The van der Waals surface area contributed by atoms with E-state index in [0.717, 1.165) is 53.1 Å². The maximum Gasteiger partial charge on any atom is 0.416 e. The lowest BCUT2D eigenvalue weighted by Gasteiger charge is -2.31. The lowest BCUT2D eigenvalue weighted by Crippen LogP contribution is -2.47. The molecule has 0 saturated carbocycles. The third-order valence-electron chi connectivity index (χ3n) is 7.46. The molecule has 0 spiro atoms. The lowest BCUT2D eigenvalue weighted by molar-refractivity contribution is -0.137. The Morgan fingerprint density at radius 2 is 1.77 bits per heavy atom. The molecule has 4 rings (SSSR count). The number of likely N-dealkylation sites (N-methyl/N-ethyl adjacent to an activating group) is 1. The number of nitrogens with one attached hydrogen (secondary N) is 1. The summed E-state index contributed by atoms with van der Waals surface area (Å²) in [7, 11) is -3.18. The summed E-state index contributed by atoms with van der Waals surface area (Å²) >= 11 is 1.03. The van der Waals surface area contributed by atoms with Crippen LogP contribution in [0.25, 0.3) is 16.5 Å². The number of alkyl halides is 3. The third-order valence-corrected chi connectivity index (χ3v) is 10.4. The number of rotatable bonds is 12. The van der Waals surface area contributed by atoms with E-state index >= 15 is 0 Å². The molecule has 0 saturated heterocycles. The van der Waals surface area contributed by atoms with Gasteiger partial charge in [0.15, 0.2) is 0 Å². The molecule has 43 heavy (non-hydrogen) atoms. The molecule has 0 fully saturated rings. The Balaban J connectivity index is 1.44. The number of benzene rings is 2. The van der Waals surface area contributed by atoms with Gasteiger partial charge in [-0.05, 0) is 92.1 Å². The summed E-state index contributed by atoms with van der Waals surface area (Å²) in [6.45, 7) is 3.83. The third kappa shape index (κ3) is 8.54. The number of aliphatic hydroxyl groups is 1. The normalized spacial score (nSPS) is 15.3. The number of aliphatic hydroxyl groups excluding tert-OH is 1. The van der Waals surface area contributed by atoms with Gasteiger partial charge >= 0.3 is 12.1 Å². The monoisotopic (exact) mass is 636 g/mol. The van der Waals surface area contributed by atoms with Crippen LogP contribution in [-0.2, 0) is 33.8 Å². The minimum atomic E-state index is -4.81. The number of sulfonamides is 1. The van der Waals surface area contributed by atoms with E-state index in [2.05, 4.69) is 17.4 Å². The van der Waals surface area contributed by atoms with Gasteiger partial charge in [0.1, 0.15) is 0 Å². The second kappa shape index (κ2) is 12.9. The van der Waals surface area contributed by atoms with Crippen molar-refractivity contribution in [2.45, 2.75) is 55.8 Å². The zero-order valence-corrected chi connectivity index (χ0v) is 25.7. The summed E-state index contributed by atoms with van der Waals surface area (Å²) in [5, 5.41) is 22.9. The molecule has 1 aliphatic rings. The van der Waals surface area contributed by atoms with Gasteiger partial charge in [-0.2, -0.15) is 17.5 Å². The van der Waals surface area contributed by atoms with E-state index in [9.17, 15) is 31.5 Å². The van der Waals surface area contributed by atoms with E-state index < -0.39 is 38.7 Å². The van der Waals surface area contributed by atoms with Crippen LogP contribution in [0.4, 0.5) is 13.2 Å². The molecule has 0 radical (unpaired) electrons. The van der Waals surface area contributed by atoms with Gasteiger partial charge in [0, 0.05) is 41.5 Å². The SMILES string of the molecule is CN(C[C@H](O)CNC(C)(C)CC1Cc2ccccc2C1)S(=O)(=O)c1cc(-c2ccc(/C=C/C(=O)O)s2)cc(C(F)(F)F)c1. The Hall–Kier alpha value is -3.03. The molecule has 12 heteroatoms. The molecular formula is C31H35F3N2O5S2. The van der Waals surface area contributed by atoms with E-state index in [4.69, 9.17) is 5.11 Å². The van der Waals surface area contributed by atoms with Crippen molar-refractivity contribution in [2.24, 2.45) is 5.92 Å². The molecular weight excluding hydrogens is 601 g/mol. The molecule has 2 aromatic carbocycles. The molecule has 232 valence electrons. The van der Waals surface area contributed by atoms with E-state index in [1.807, 2.05) is 26.0 Å². The number of hydrogen-bond donors (Lipinski definition) is 3. The molecule has 0 aliphatic heterocycles. The van der Waals surface area contributed by atoms with Crippen LogP contribution < -0.4 is 5.32 Å². The largest absolute Gasteiger partial charge is 0.478 e.